The van der Waals surface area contributed by atoms with Crippen molar-refractivity contribution in [1.29, 1.82) is 0 Å². The third-order valence-corrected chi connectivity index (χ3v) is 2.27. The minimum absolute atomic E-state index is 0.190. The summed E-state index contributed by atoms with van der Waals surface area (Å²) in [6.45, 7) is 5.93. The van der Waals surface area contributed by atoms with E-state index < -0.39 is 0 Å². The molecule has 1 rings (SSSR count). The van der Waals surface area contributed by atoms with Gasteiger partial charge >= 0.3 is 0 Å². The fourth-order valence-electron chi connectivity index (χ4n) is 1.59. The molecule has 0 aromatic heterocycles. The molecule has 1 fully saturated rings. The quantitative estimate of drug-likeness (QED) is 0.639. The van der Waals surface area contributed by atoms with Crippen LogP contribution in [0.5, 0.6) is 0 Å². The first-order valence-corrected chi connectivity index (χ1v) is 4.68. The summed E-state index contributed by atoms with van der Waals surface area (Å²) in [5.74, 6) is 0.536. The largest absolute Gasteiger partial charge is 0.381 e. The van der Waals surface area contributed by atoms with Crippen molar-refractivity contribution in [2.75, 3.05) is 13.2 Å². The zero-order valence-electron chi connectivity index (χ0n) is 8.05. The van der Waals surface area contributed by atoms with Gasteiger partial charge in [-0.3, -0.25) is 0 Å². The summed E-state index contributed by atoms with van der Waals surface area (Å²) in [6, 6.07) is 0.190. The number of ether oxygens (including phenoxy) is 1. The lowest BCUT2D eigenvalue weighted by molar-refractivity contribution is 0.0503. The van der Waals surface area contributed by atoms with Crippen molar-refractivity contribution in [3.63, 3.8) is 0 Å². The van der Waals surface area contributed by atoms with Crippen LogP contribution in [0.15, 0.2) is 11.6 Å². The minimum Gasteiger partial charge on any atom is -0.381 e. The van der Waals surface area contributed by atoms with E-state index in [-0.39, 0.29) is 6.04 Å². The predicted octanol–water partition coefficient (Wildman–Crippen LogP) is 1.71. The van der Waals surface area contributed by atoms with Crippen LogP contribution in [0, 0.1) is 5.92 Å². The summed E-state index contributed by atoms with van der Waals surface area (Å²) < 4.78 is 5.38. The lowest BCUT2D eigenvalue weighted by Crippen LogP contribution is -2.34. The van der Waals surface area contributed by atoms with Gasteiger partial charge in [0.25, 0.3) is 0 Å². The number of hydrogen-bond donors (Lipinski definition) is 1. The third-order valence-electron chi connectivity index (χ3n) is 2.27. The number of hydrogen-bond acceptors (Lipinski definition) is 2. The van der Waals surface area contributed by atoms with Gasteiger partial charge in [-0.15, -0.1) is 0 Å². The van der Waals surface area contributed by atoms with Gasteiger partial charge in [-0.25, -0.2) is 0 Å². The van der Waals surface area contributed by atoms with Crippen LogP contribution in [0.25, 0.3) is 0 Å². The maximum absolute atomic E-state index is 5.99. The molecule has 1 saturated heterocycles. The molecule has 0 radical (unpaired) electrons. The first-order valence-electron chi connectivity index (χ1n) is 4.68. The van der Waals surface area contributed by atoms with Crippen molar-refractivity contribution in [2.45, 2.75) is 32.7 Å². The first kappa shape index (κ1) is 9.75. The molecular weight excluding hydrogens is 150 g/mol. The SMILES string of the molecule is CC(C)=CC(N)C1CCCOC1. The van der Waals surface area contributed by atoms with Gasteiger partial charge in [0, 0.05) is 18.6 Å². The lowest BCUT2D eigenvalue weighted by atomic mass is 9.93. The average Bonchev–Trinajstić information content (AvgIpc) is 2.05. The second-order valence-corrected chi connectivity index (χ2v) is 3.80. The van der Waals surface area contributed by atoms with E-state index in [2.05, 4.69) is 19.9 Å². The van der Waals surface area contributed by atoms with Crippen molar-refractivity contribution in [1.82, 2.24) is 0 Å². The van der Waals surface area contributed by atoms with E-state index in [4.69, 9.17) is 10.5 Å². The standard InChI is InChI=1S/C10H19NO/c1-8(2)6-10(11)9-4-3-5-12-7-9/h6,9-10H,3-5,7,11H2,1-2H3. The molecular formula is C10H19NO. The molecule has 2 heteroatoms. The number of nitrogens with two attached hydrogens (primary N) is 1. The Bertz CT molecular complexity index is 155. The zero-order valence-corrected chi connectivity index (χ0v) is 8.05. The molecule has 0 aromatic rings. The molecule has 0 bridgehead atoms. The normalized spacial score (nSPS) is 26.4. The topological polar surface area (TPSA) is 35.2 Å². The van der Waals surface area contributed by atoms with Gasteiger partial charge in [-0.05, 0) is 26.7 Å². The van der Waals surface area contributed by atoms with Gasteiger partial charge in [0.2, 0.25) is 0 Å². The molecule has 2 nitrogen and oxygen atoms in total. The summed E-state index contributed by atoms with van der Waals surface area (Å²) in [6.07, 6.45) is 4.51. The molecule has 0 amide bonds. The predicted molar refractivity (Wildman–Crippen MR) is 50.9 cm³/mol. The van der Waals surface area contributed by atoms with Gasteiger partial charge in [-0.2, -0.15) is 0 Å². The fraction of sp³-hybridized carbons (Fsp3) is 0.800. The van der Waals surface area contributed by atoms with Crippen molar-refractivity contribution >= 4 is 0 Å². The Labute approximate surface area is 74.8 Å². The van der Waals surface area contributed by atoms with Crippen molar-refractivity contribution in [3.8, 4) is 0 Å². The monoisotopic (exact) mass is 169 g/mol. The van der Waals surface area contributed by atoms with Crippen molar-refractivity contribution in [3.05, 3.63) is 11.6 Å². The first-order chi connectivity index (χ1) is 5.70. The summed E-state index contributed by atoms with van der Waals surface area (Å²) in [5, 5.41) is 0. The van der Waals surface area contributed by atoms with E-state index in [1.165, 1.54) is 12.0 Å². The van der Waals surface area contributed by atoms with Crippen LogP contribution < -0.4 is 5.73 Å². The van der Waals surface area contributed by atoms with Gasteiger partial charge in [-0.1, -0.05) is 11.6 Å². The lowest BCUT2D eigenvalue weighted by Gasteiger charge is -2.25. The highest BCUT2D eigenvalue weighted by Crippen LogP contribution is 2.17. The molecule has 70 valence electrons. The van der Waals surface area contributed by atoms with Crippen LogP contribution in [-0.2, 0) is 4.74 Å². The van der Waals surface area contributed by atoms with Crippen LogP contribution in [0.2, 0.25) is 0 Å². The Hall–Kier alpha value is -0.340. The maximum atomic E-state index is 5.99. The Morgan fingerprint density at radius 3 is 2.83 bits per heavy atom. The van der Waals surface area contributed by atoms with Gasteiger partial charge in [0.1, 0.15) is 0 Å². The summed E-state index contributed by atoms with van der Waals surface area (Å²) in [4.78, 5) is 0. The molecule has 1 heterocycles. The summed E-state index contributed by atoms with van der Waals surface area (Å²) >= 11 is 0. The van der Waals surface area contributed by atoms with E-state index >= 15 is 0 Å². The molecule has 0 aliphatic carbocycles. The molecule has 1 aliphatic rings. The molecule has 12 heavy (non-hydrogen) atoms. The van der Waals surface area contributed by atoms with E-state index in [1.807, 2.05) is 0 Å². The van der Waals surface area contributed by atoms with E-state index in [1.54, 1.807) is 0 Å². The summed E-state index contributed by atoms with van der Waals surface area (Å²) in [7, 11) is 0. The second-order valence-electron chi connectivity index (χ2n) is 3.80. The van der Waals surface area contributed by atoms with Gasteiger partial charge in [0.05, 0.1) is 6.61 Å². The molecule has 0 saturated carbocycles. The Kier molecular flexibility index (Phi) is 3.76. The molecule has 2 unspecified atom stereocenters. The van der Waals surface area contributed by atoms with E-state index in [0.717, 1.165) is 19.6 Å². The fourth-order valence-corrected chi connectivity index (χ4v) is 1.59. The third kappa shape index (κ3) is 2.95. The molecule has 0 spiro atoms. The highest BCUT2D eigenvalue weighted by molar-refractivity contribution is 5.02. The van der Waals surface area contributed by atoms with Crippen LogP contribution in [0.3, 0.4) is 0 Å². The highest BCUT2D eigenvalue weighted by atomic mass is 16.5. The van der Waals surface area contributed by atoms with Crippen LogP contribution in [0.4, 0.5) is 0 Å². The van der Waals surface area contributed by atoms with Gasteiger partial charge in [0.15, 0.2) is 0 Å². The van der Waals surface area contributed by atoms with Crippen molar-refractivity contribution in [2.24, 2.45) is 11.7 Å². The Balaban J connectivity index is 2.39. The van der Waals surface area contributed by atoms with E-state index in [0.29, 0.717) is 5.92 Å². The Morgan fingerprint density at radius 1 is 1.58 bits per heavy atom. The average molecular weight is 169 g/mol. The Morgan fingerprint density at radius 2 is 2.33 bits per heavy atom. The zero-order chi connectivity index (χ0) is 8.97. The minimum atomic E-state index is 0.190. The maximum Gasteiger partial charge on any atom is 0.0512 e. The molecule has 2 N–H and O–H groups in total. The second kappa shape index (κ2) is 4.63. The molecule has 0 aromatic carbocycles. The smallest absolute Gasteiger partial charge is 0.0512 e. The summed E-state index contributed by atoms with van der Waals surface area (Å²) in [5.41, 5.74) is 7.29. The van der Waals surface area contributed by atoms with Crippen LogP contribution >= 0.6 is 0 Å². The highest BCUT2D eigenvalue weighted by Gasteiger charge is 2.18. The number of allylic oxidation sites excluding steroid dienone is 1. The van der Waals surface area contributed by atoms with Crippen molar-refractivity contribution < 1.29 is 4.74 Å². The molecule has 2 atom stereocenters. The van der Waals surface area contributed by atoms with Crippen LogP contribution in [-0.4, -0.2) is 19.3 Å². The van der Waals surface area contributed by atoms with Gasteiger partial charge < -0.3 is 10.5 Å². The van der Waals surface area contributed by atoms with Crippen LogP contribution in [0.1, 0.15) is 26.7 Å². The van der Waals surface area contributed by atoms with E-state index in [9.17, 15) is 0 Å². The number of rotatable bonds is 2. The molecule has 1 aliphatic heterocycles.